The summed E-state index contributed by atoms with van der Waals surface area (Å²) < 4.78 is 1.99. The summed E-state index contributed by atoms with van der Waals surface area (Å²) >= 11 is 0. The van der Waals surface area contributed by atoms with Gasteiger partial charge in [-0.3, -0.25) is 4.79 Å². The monoisotopic (exact) mass is 272 g/mol. The number of fused-ring (bicyclic) bond motifs is 1. The van der Waals surface area contributed by atoms with Gasteiger partial charge in [-0.25, -0.2) is 4.98 Å². The summed E-state index contributed by atoms with van der Waals surface area (Å²) in [5, 5.41) is 6.29. The van der Waals surface area contributed by atoms with E-state index in [2.05, 4.69) is 15.6 Å². The van der Waals surface area contributed by atoms with Gasteiger partial charge in [0.05, 0.1) is 23.3 Å². The minimum Gasteiger partial charge on any atom is -0.352 e. The first-order chi connectivity index (χ1) is 9.74. The quantitative estimate of drug-likeness (QED) is 0.882. The van der Waals surface area contributed by atoms with Crippen molar-refractivity contribution in [1.82, 2.24) is 20.2 Å². The molecule has 5 heteroatoms. The summed E-state index contributed by atoms with van der Waals surface area (Å²) in [6.07, 6.45) is 3.87. The first-order valence-electron chi connectivity index (χ1n) is 7.12. The van der Waals surface area contributed by atoms with E-state index in [9.17, 15) is 4.79 Å². The van der Waals surface area contributed by atoms with Crippen molar-refractivity contribution in [2.45, 2.75) is 19.4 Å². The second-order valence-corrected chi connectivity index (χ2v) is 5.44. The number of amides is 1. The summed E-state index contributed by atoms with van der Waals surface area (Å²) in [5.41, 5.74) is 3.17. The fourth-order valence-corrected chi connectivity index (χ4v) is 2.70. The van der Waals surface area contributed by atoms with Crippen LogP contribution < -0.4 is 10.6 Å². The van der Waals surface area contributed by atoms with Crippen LogP contribution in [-0.4, -0.2) is 28.5 Å². The van der Waals surface area contributed by atoms with Crippen LogP contribution in [0.1, 0.15) is 18.4 Å². The molecule has 3 rings (SSSR count). The molecular weight excluding hydrogens is 252 g/mol. The summed E-state index contributed by atoms with van der Waals surface area (Å²) in [6.45, 7) is 2.40. The Labute approximate surface area is 118 Å². The minimum absolute atomic E-state index is 0.113. The molecule has 2 heterocycles. The van der Waals surface area contributed by atoms with E-state index in [1.165, 1.54) is 0 Å². The van der Waals surface area contributed by atoms with Crippen molar-refractivity contribution < 1.29 is 4.79 Å². The van der Waals surface area contributed by atoms with Gasteiger partial charge in [-0.1, -0.05) is 6.07 Å². The molecule has 5 nitrogen and oxygen atoms in total. The molecular formula is C15H20N4O. The van der Waals surface area contributed by atoms with E-state index in [0.717, 1.165) is 42.5 Å². The van der Waals surface area contributed by atoms with Crippen molar-refractivity contribution in [3.05, 3.63) is 30.1 Å². The summed E-state index contributed by atoms with van der Waals surface area (Å²) in [7, 11) is 1.98. The molecule has 2 aromatic rings. The highest BCUT2D eigenvalue weighted by atomic mass is 16.1. The van der Waals surface area contributed by atoms with Gasteiger partial charge in [0.15, 0.2) is 0 Å². The average Bonchev–Trinajstić information content (AvgIpc) is 2.87. The lowest BCUT2D eigenvalue weighted by molar-refractivity contribution is -0.125. The summed E-state index contributed by atoms with van der Waals surface area (Å²) in [4.78, 5) is 16.4. The topological polar surface area (TPSA) is 59.0 Å². The maximum Gasteiger partial charge on any atom is 0.224 e. The molecule has 1 amide bonds. The molecule has 1 fully saturated rings. The summed E-state index contributed by atoms with van der Waals surface area (Å²) in [5.74, 6) is 0.264. The van der Waals surface area contributed by atoms with Gasteiger partial charge in [-0.05, 0) is 37.1 Å². The lowest BCUT2D eigenvalue weighted by Crippen LogP contribution is -2.40. The number of aryl methyl sites for hydroxylation is 1. The van der Waals surface area contributed by atoms with Crippen LogP contribution in [0.4, 0.5) is 0 Å². The number of nitrogens with zero attached hydrogens (tertiary/aromatic N) is 2. The van der Waals surface area contributed by atoms with E-state index >= 15 is 0 Å². The zero-order chi connectivity index (χ0) is 13.9. The van der Waals surface area contributed by atoms with E-state index in [0.29, 0.717) is 6.54 Å². The van der Waals surface area contributed by atoms with Gasteiger partial charge in [-0.2, -0.15) is 0 Å². The highest BCUT2D eigenvalue weighted by Gasteiger charge is 2.20. The number of aromatic nitrogens is 2. The van der Waals surface area contributed by atoms with Crippen LogP contribution in [0, 0.1) is 5.92 Å². The normalized spacial score (nSPS) is 19.1. The molecule has 1 aliphatic rings. The van der Waals surface area contributed by atoms with Crippen molar-refractivity contribution in [1.29, 1.82) is 0 Å². The second-order valence-electron chi connectivity index (χ2n) is 5.44. The van der Waals surface area contributed by atoms with E-state index < -0.39 is 0 Å². The van der Waals surface area contributed by atoms with Crippen LogP contribution in [0.5, 0.6) is 0 Å². The molecule has 20 heavy (non-hydrogen) atoms. The number of benzene rings is 1. The molecule has 0 spiro atoms. The smallest absolute Gasteiger partial charge is 0.224 e. The Bertz CT molecular complexity index is 613. The predicted octanol–water partition coefficient (Wildman–Crippen LogP) is 1.19. The van der Waals surface area contributed by atoms with Gasteiger partial charge in [0.2, 0.25) is 5.91 Å². The molecule has 1 saturated heterocycles. The lowest BCUT2D eigenvalue weighted by atomic mass is 9.99. The third kappa shape index (κ3) is 2.67. The van der Waals surface area contributed by atoms with Gasteiger partial charge < -0.3 is 15.2 Å². The molecule has 1 unspecified atom stereocenters. The first kappa shape index (κ1) is 13.1. The Kier molecular flexibility index (Phi) is 3.69. The molecule has 1 aromatic carbocycles. The Hall–Kier alpha value is -1.88. The Morgan fingerprint density at radius 3 is 3.25 bits per heavy atom. The van der Waals surface area contributed by atoms with Crippen molar-refractivity contribution in [2.75, 3.05) is 13.1 Å². The Balaban J connectivity index is 1.62. The van der Waals surface area contributed by atoms with Gasteiger partial charge in [0.25, 0.3) is 0 Å². The molecule has 1 aromatic heterocycles. The minimum atomic E-state index is 0.113. The maximum absolute atomic E-state index is 12.1. The fourth-order valence-electron chi connectivity index (χ4n) is 2.70. The summed E-state index contributed by atoms with van der Waals surface area (Å²) in [6, 6.07) is 6.13. The molecule has 0 radical (unpaired) electrons. The highest BCUT2D eigenvalue weighted by Crippen LogP contribution is 2.14. The Morgan fingerprint density at radius 1 is 1.55 bits per heavy atom. The standard InChI is InChI=1S/C15H20N4O/c1-19-10-18-13-7-11(4-5-14(13)19)8-17-15(20)12-3-2-6-16-9-12/h4-5,7,10,12,16H,2-3,6,8-9H2,1H3,(H,17,20). The van der Waals surface area contributed by atoms with Crippen molar-refractivity contribution >= 4 is 16.9 Å². The third-order valence-corrected chi connectivity index (χ3v) is 3.92. The Morgan fingerprint density at radius 2 is 2.45 bits per heavy atom. The number of hydrogen-bond donors (Lipinski definition) is 2. The number of piperidine rings is 1. The molecule has 1 atom stereocenters. The number of imidazole rings is 1. The maximum atomic E-state index is 12.1. The van der Waals surface area contributed by atoms with Crippen LogP contribution in [-0.2, 0) is 18.4 Å². The van der Waals surface area contributed by atoms with Crippen molar-refractivity contribution in [3.8, 4) is 0 Å². The number of carbonyl (C=O) groups is 1. The van der Waals surface area contributed by atoms with Crippen molar-refractivity contribution in [3.63, 3.8) is 0 Å². The van der Waals surface area contributed by atoms with Crippen LogP contribution in [0.25, 0.3) is 11.0 Å². The number of carbonyl (C=O) groups excluding carboxylic acids is 1. The third-order valence-electron chi connectivity index (χ3n) is 3.92. The highest BCUT2D eigenvalue weighted by molar-refractivity contribution is 5.79. The predicted molar refractivity (Wildman–Crippen MR) is 78.2 cm³/mol. The number of rotatable bonds is 3. The zero-order valence-electron chi connectivity index (χ0n) is 11.7. The van der Waals surface area contributed by atoms with Gasteiger partial charge in [0.1, 0.15) is 0 Å². The van der Waals surface area contributed by atoms with Gasteiger partial charge >= 0.3 is 0 Å². The number of hydrogen-bond acceptors (Lipinski definition) is 3. The van der Waals surface area contributed by atoms with Crippen molar-refractivity contribution in [2.24, 2.45) is 13.0 Å². The number of nitrogens with one attached hydrogen (secondary N) is 2. The largest absolute Gasteiger partial charge is 0.352 e. The van der Waals surface area contributed by atoms with E-state index in [-0.39, 0.29) is 11.8 Å². The molecule has 0 aliphatic carbocycles. The van der Waals surface area contributed by atoms with Gasteiger partial charge in [0, 0.05) is 20.1 Å². The molecule has 2 N–H and O–H groups in total. The zero-order valence-corrected chi connectivity index (χ0v) is 11.7. The molecule has 1 aliphatic heterocycles. The lowest BCUT2D eigenvalue weighted by Gasteiger charge is -2.21. The van der Waals surface area contributed by atoms with E-state index in [1.807, 2.05) is 29.8 Å². The van der Waals surface area contributed by atoms with Crippen LogP contribution in [0.3, 0.4) is 0 Å². The second kappa shape index (κ2) is 5.63. The molecule has 0 bridgehead atoms. The molecule has 106 valence electrons. The van der Waals surface area contributed by atoms with Crippen LogP contribution in [0.15, 0.2) is 24.5 Å². The fraction of sp³-hybridized carbons (Fsp3) is 0.467. The van der Waals surface area contributed by atoms with E-state index in [1.54, 1.807) is 6.33 Å². The molecule has 0 saturated carbocycles. The van der Waals surface area contributed by atoms with Gasteiger partial charge in [-0.15, -0.1) is 0 Å². The average molecular weight is 272 g/mol. The SMILES string of the molecule is Cn1cnc2cc(CNC(=O)C3CCCNC3)ccc21. The van der Waals surface area contributed by atoms with Crippen LogP contribution in [0.2, 0.25) is 0 Å². The van der Waals surface area contributed by atoms with E-state index in [4.69, 9.17) is 0 Å². The van der Waals surface area contributed by atoms with Crippen LogP contribution >= 0.6 is 0 Å². The first-order valence-corrected chi connectivity index (χ1v) is 7.12.